The Morgan fingerprint density at radius 1 is 1.44 bits per heavy atom. The van der Waals surface area contributed by atoms with E-state index in [4.69, 9.17) is 23.2 Å². The molecule has 0 fully saturated rings. The van der Waals surface area contributed by atoms with Crippen LogP contribution in [0.3, 0.4) is 0 Å². The molecule has 0 saturated heterocycles. The first kappa shape index (κ1) is 12.9. The van der Waals surface area contributed by atoms with Crippen LogP contribution >= 0.6 is 23.2 Å². The second-order valence-corrected chi connectivity index (χ2v) is 3.73. The smallest absolute Gasteiger partial charge is 0.141 e. The molecule has 5 heteroatoms. The minimum atomic E-state index is -1.28. The number of carbonyl (C=O) groups excluding carboxylic acids is 1. The Morgan fingerprint density at radius 2 is 2.19 bits per heavy atom. The lowest BCUT2D eigenvalue weighted by Gasteiger charge is -2.23. The summed E-state index contributed by atoms with van der Waals surface area (Å²) >= 11 is 11.2. The van der Waals surface area contributed by atoms with E-state index in [0.717, 1.165) is 4.90 Å². The molecule has 0 unspecified atom stereocenters. The number of carboxylic acid groups (broad SMARTS) is 1. The fraction of sp³-hybridized carbons (Fsp3) is 0.182. The van der Waals surface area contributed by atoms with E-state index in [1.807, 2.05) is 0 Å². The molecular weight excluding hydrogens is 249 g/mol. The van der Waals surface area contributed by atoms with E-state index in [9.17, 15) is 9.90 Å². The molecule has 0 saturated carbocycles. The predicted octanol–water partition coefficient (Wildman–Crippen LogP) is 2.28. The van der Waals surface area contributed by atoms with E-state index in [-0.39, 0.29) is 6.54 Å². The van der Waals surface area contributed by atoms with E-state index in [2.05, 4.69) is 0 Å². The normalized spacial score (nSPS) is 10.6. The standard InChI is InChI=1S/C11H11Cl2NO2/c12-6-1-2-7-14(11(15)16)10-5-3-4-9(13)8-10/h1-5,8H,6-7H2,(H,15,16)/p-1/b2-1+. The minimum absolute atomic E-state index is 0.190. The SMILES string of the molecule is O=C([O-])N(C/C=C/CCl)c1cccc(Cl)c1. The van der Waals surface area contributed by atoms with Gasteiger partial charge in [-0.25, -0.2) is 0 Å². The van der Waals surface area contributed by atoms with Crippen molar-refractivity contribution in [3.8, 4) is 0 Å². The van der Waals surface area contributed by atoms with Crippen molar-refractivity contribution in [2.75, 3.05) is 17.3 Å². The summed E-state index contributed by atoms with van der Waals surface area (Å²) in [6, 6.07) is 6.56. The zero-order valence-electron chi connectivity index (χ0n) is 8.40. The second kappa shape index (κ2) is 6.40. The topological polar surface area (TPSA) is 43.4 Å². The molecule has 0 bridgehead atoms. The molecule has 1 amide bonds. The van der Waals surface area contributed by atoms with Crippen molar-refractivity contribution in [2.45, 2.75) is 0 Å². The molecule has 0 N–H and O–H groups in total. The summed E-state index contributed by atoms with van der Waals surface area (Å²) < 4.78 is 0. The Bertz CT molecular complexity index is 393. The van der Waals surface area contributed by atoms with Crippen molar-refractivity contribution >= 4 is 35.0 Å². The average Bonchev–Trinajstić information content (AvgIpc) is 2.24. The highest BCUT2D eigenvalue weighted by Gasteiger charge is 2.05. The highest BCUT2D eigenvalue weighted by Crippen LogP contribution is 2.19. The van der Waals surface area contributed by atoms with Gasteiger partial charge in [0.2, 0.25) is 0 Å². The van der Waals surface area contributed by atoms with E-state index >= 15 is 0 Å². The number of hydrogen-bond donors (Lipinski definition) is 0. The molecule has 0 spiro atoms. The number of amides is 1. The van der Waals surface area contributed by atoms with Gasteiger partial charge in [0.1, 0.15) is 6.09 Å². The molecule has 0 aromatic heterocycles. The molecule has 1 aromatic carbocycles. The summed E-state index contributed by atoms with van der Waals surface area (Å²) in [5.41, 5.74) is 0.478. The van der Waals surface area contributed by atoms with Gasteiger partial charge in [-0.2, -0.15) is 0 Å². The summed E-state index contributed by atoms with van der Waals surface area (Å²) in [5.74, 6) is 0.344. The summed E-state index contributed by atoms with van der Waals surface area (Å²) in [6.07, 6.45) is 2.05. The molecule has 86 valence electrons. The van der Waals surface area contributed by atoms with Gasteiger partial charge in [-0.1, -0.05) is 29.8 Å². The maximum absolute atomic E-state index is 10.9. The molecule has 3 nitrogen and oxygen atoms in total. The van der Waals surface area contributed by atoms with Gasteiger partial charge in [-0.3, -0.25) is 0 Å². The number of benzene rings is 1. The highest BCUT2D eigenvalue weighted by molar-refractivity contribution is 6.30. The van der Waals surface area contributed by atoms with E-state index in [0.29, 0.717) is 16.6 Å². The summed E-state index contributed by atoms with van der Waals surface area (Å²) in [5, 5.41) is 11.4. The quantitative estimate of drug-likeness (QED) is 0.615. The van der Waals surface area contributed by atoms with Crippen molar-refractivity contribution in [1.29, 1.82) is 0 Å². The van der Waals surface area contributed by atoms with Crippen LogP contribution in [0.4, 0.5) is 10.5 Å². The van der Waals surface area contributed by atoms with Gasteiger partial charge in [-0.15, -0.1) is 11.6 Å². The number of rotatable bonds is 4. The number of allylic oxidation sites excluding steroid dienone is 1. The van der Waals surface area contributed by atoms with Crippen LogP contribution in [0.5, 0.6) is 0 Å². The van der Waals surface area contributed by atoms with Gasteiger partial charge in [0.25, 0.3) is 0 Å². The van der Waals surface area contributed by atoms with Crippen LogP contribution in [0.1, 0.15) is 0 Å². The highest BCUT2D eigenvalue weighted by atomic mass is 35.5. The Labute approximate surface area is 104 Å². The summed E-state index contributed by atoms with van der Waals surface area (Å²) in [7, 11) is 0. The largest absolute Gasteiger partial charge is 0.530 e. The van der Waals surface area contributed by atoms with Crippen LogP contribution in [0.25, 0.3) is 0 Å². The summed E-state index contributed by atoms with van der Waals surface area (Å²) in [4.78, 5) is 12.0. The molecule has 1 aromatic rings. The van der Waals surface area contributed by atoms with Crippen LogP contribution in [-0.2, 0) is 0 Å². The lowest BCUT2D eigenvalue weighted by atomic mass is 10.3. The van der Waals surface area contributed by atoms with E-state index < -0.39 is 6.09 Å². The molecule has 1 rings (SSSR count). The van der Waals surface area contributed by atoms with Gasteiger partial charge in [0, 0.05) is 23.1 Å². The van der Waals surface area contributed by atoms with Crippen molar-refractivity contribution in [3.63, 3.8) is 0 Å². The van der Waals surface area contributed by atoms with E-state index in [1.54, 1.807) is 36.4 Å². The lowest BCUT2D eigenvalue weighted by Crippen LogP contribution is -2.41. The van der Waals surface area contributed by atoms with Crippen molar-refractivity contribution in [1.82, 2.24) is 0 Å². The fourth-order valence-electron chi connectivity index (χ4n) is 1.17. The number of halogens is 2. The molecule has 0 radical (unpaired) electrons. The van der Waals surface area contributed by atoms with Gasteiger partial charge in [-0.05, 0) is 18.2 Å². The maximum atomic E-state index is 10.9. The predicted molar refractivity (Wildman–Crippen MR) is 64.1 cm³/mol. The Morgan fingerprint density at radius 3 is 2.75 bits per heavy atom. The molecule has 0 heterocycles. The third-order valence-electron chi connectivity index (χ3n) is 1.88. The first-order valence-corrected chi connectivity index (χ1v) is 5.51. The number of alkyl halides is 1. The fourth-order valence-corrected chi connectivity index (χ4v) is 1.48. The molecule has 0 aliphatic heterocycles. The molecule has 0 atom stereocenters. The maximum Gasteiger partial charge on any atom is 0.141 e. The van der Waals surface area contributed by atoms with Crippen molar-refractivity contribution < 1.29 is 9.90 Å². The number of hydrogen-bond acceptors (Lipinski definition) is 2. The van der Waals surface area contributed by atoms with Crippen molar-refractivity contribution in [2.24, 2.45) is 0 Å². The third-order valence-corrected chi connectivity index (χ3v) is 2.30. The first-order valence-electron chi connectivity index (χ1n) is 4.60. The monoisotopic (exact) mass is 258 g/mol. The van der Waals surface area contributed by atoms with Crippen molar-refractivity contribution in [3.05, 3.63) is 41.4 Å². The zero-order valence-corrected chi connectivity index (χ0v) is 9.91. The summed E-state index contributed by atoms with van der Waals surface area (Å²) in [6.45, 7) is 0.190. The molecule has 16 heavy (non-hydrogen) atoms. The van der Waals surface area contributed by atoms with Gasteiger partial charge >= 0.3 is 0 Å². The van der Waals surface area contributed by atoms with Gasteiger partial charge in [0.05, 0.1) is 0 Å². The van der Waals surface area contributed by atoms with Crippen LogP contribution in [0.15, 0.2) is 36.4 Å². The van der Waals surface area contributed by atoms with E-state index in [1.165, 1.54) is 0 Å². The average molecular weight is 259 g/mol. The third kappa shape index (κ3) is 3.76. The van der Waals surface area contributed by atoms with Crippen LogP contribution in [-0.4, -0.2) is 18.5 Å². The van der Waals surface area contributed by atoms with Gasteiger partial charge < -0.3 is 14.8 Å². The number of carbonyl (C=O) groups is 1. The number of anilines is 1. The molecule has 0 aliphatic rings. The Hall–Kier alpha value is -1.19. The molecular formula is C11H10Cl2NO2-. The van der Waals surface area contributed by atoms with Crippen LogP contribution in [0.2, 0.25) is 5.02 Å². The lowest BCUT2D eigenvalue weighted by molar-refractivity contribution is -0.246. The van der Waals surface area contributed by atoms with Crippen LogP contribution < -0.4 is 10.0 Å². The van der Waals surface area contributed by atoms with Crippen LogP contribution in [0, 0.1) is 0 Å². The molecule has 0 aliphatic carbocycles. The first-order chi connectivity index (χ1) is 7.65. The Kier molecular flexibility index (Phi) is 5.15. The Balaban J connectivity index is 2.85. The minimum Gasteiger partial charge on any atom is -0.530 e. The van der Waals surface area contributed by atoms with Gasteiger partial charge in [0.15, 0.2) is 0 Å². The second-order valence-electron chi connectivity index (χ2n) is 2.98. The number of nitrogens with zero attached hydrogens (tertiary/aromatic N) is 1. The zero-order chi connectivity index (χ0) is 12.0.